The molecule has 2 fully saturated rings. The number of hydrogen-bond donors (Lipinski definition) is 1. The molecule has 0 radical (unpaired) electrons. The maximum atomic E-state index is 12.7. The predicted octanol–water partition coefficient (Wildman–Crippen LogP) is 0.675. The number of carboxylic acids is 1. The minimum absolute atomic E-state index is 0.0118. The van der Waals surface area contributed by atoms with Crippen LogP contribution in [0, 0.1) is 0 Å². The van der Waals surface area contributed by atoms with Crippen LogP contribution in [0.3, 0.4) is 0 Å². The SMILES string of the molecule is CCn1cc(S(=O)(=O)N2CCN(C3CC3)CC2)cc1C(=O)O. The number of piperazine rings is 1. The molecule has 122 valence electrons. The average molecular weight is 327 g/mol. The largest absolute Gasteiger partial charge is 0.477 e. The molecule has 22 heavy (non-hydrogen) atoms. The molecule has 2 aliphatic rings. The fourth-order valence-corrected chi connectivity index (χ4v) is 4.43. The quantitative estimate of drug-likeness (QED) is 0.860. The minimum atomic E-state index is -3.61. The maximum absolute atomic E-state index is 12.7. The second-order valence-electron chi connectivity index (χ2n) is 5.82. The molecule has 8 heteroatoms. The van der Waals surface area contributed by atoms with Crippen LogP contribution in [0.25, 0.3) is 0 Å². The Kier molecular flexibility index (Phi) is 4.00. The van der Waals surface area contributed by atoms with Crippen LogP contribution in [-0.2, 0) is 16.6 Å². The lowest BCUT2D eigenvalue weighted by atomic mass is 10.3. The molecule has 0 atom stereocenters. The molecule has 7 nitrogen and oxygen atoms in total. The third-order valence-electron chi connectivity index (χ3n) is 4.41. The predicted molar refractivity (Wildman–Crippen MR) is 80.4 cm³/mol. The van der Waals surface area contributed by atoms with Crippen molar-refractivity contribution in [2.75, 3.05) is 26.2 Å². The molecule has 0 aromatic carbocycles. The molecule has 0 unspecified atom stereocenters. The average Bonchev–Trinajstić information content (AvgIpc) is 3.25. The van der Waals surface area contributed by atoms with Crippen molar-refractivity contribution < 1.29 is 18.3 Å². The Morgan fingerprint density at radius 2 is 1.91 bits per heavy atom. The zero-order chi connectivity index (χ0) is 15.9. The van der Waals surface area contributed by atoms with Gasteiger partial charge in [-0.15, -0.1) is 0 Å². The molecule has 2 heterocycles. The van der Waals surface area contributed by atoms with Gasteiger partial charge in [-0.3, -0.25) is 4.90 Å². The van der Waals surface area contributed by atoms with Gasteiger partial charge in [0.05, 0.1) is 0 Å². The highest BCUT2D eigenvalue weighted by Gasteiger charge is 2.35. The van der Waals surface area contributed by atoms with E-state index >= 15 is 0 Å². The highest BCUT2D eigenvalue weighted by atomic mass is 32.2. The van der Waals surface area contributed by atoms with E-state index in [1.807, 2.05) is 0 Å². The van der Waals surface area contributed by atoms with E-state index in [2.05, 4.69) is 4.90 Å². The highest BCUT2D eigenvalue weighted by Crippen LogP contribution is 2.29. The number of aromatic carboxylic acids is 1. The Morgan fingerprint density at radius 3 is 2.36 bits per heavy atom. The van der Waals surface area contributed by atoms with E-state index in [4.69, 9.17) is 5.11 Å². The maximum Gasteiger partial charge on any atom is 0.352 e. The molecule has 1 aliphatic heterocycles. The summed E-state index contributed by atoms with van der Waals surface area (Å²) in [5.74, 6) is -1.11. The number of nitrogens with zero attached hydrogens (tertiary/aromatic N) is 3. The van der Waals surface area contributed by atoms with Crippen molar-refractivity contribution in [3.8, 4) is 0 Å². The Bertz CT molecular complexity index is 670. The molecule has 1 saturated heterocycles. The standard InChI is InChI=1S/C14H21N3O4S/c1-2-15-10-12(9-13(15)14(18)19)22(20,21)17-7-5-16(6-8-17)11-3-4-11/h9-11H,2-8H2,1H3,(H,18,19). The van der Waals surface area contributed by atoms with Gasteiger partial charge in [-0.25, -0.2) is 13.2 Å². The third-order valence-corrected chi connectivity index (χ3v) is 6.27. The van der Waals surface area contributed by atoms with E-state index in [0.717, 1.165) is 13.1 Å². The summed E-state index contributed by atoms with van der Waals surface area (Å²) >= 11 is 0. The van der Waals surface area contributed by atoms with E-state index in [1.54, 1.807) is 6.92 Å². The summed E-state index contributed by atoms with van der Waals surface area (Å²) in [4.78, 5) is 13.6. The van der Waals surface area contributed by atoms with Gasteiger partial charge in [0.15, 0.2) is 0 Å². The zero-order valence-corrected chi connectivity index (χ0v) is 13.4. The first-order valence-electron chi connectivity index (χ1n) is 7.61. The number of sulfonamides is 1. The molecule has 1 N–H and O–H groups in total. The molecular weight excluding hydrogens is 306 g/mol. The van der Waals surface area contributed by atoms with Crippen LogP contribution in [0.1, 0.15) is 30.3 Å². The van der Waals surface area contributed by atoms with Crippen molar-refractivity contribution in [1.29, 1.82) is 0 Å². The van der Waals surface area contributed by atoms with Gasteiger partial charge < -0.3 is 9.67 Å². The van der Waals surface area contributed by atoms with Crippen molar-refractivity contribution in [3.05, 3.63) is 18.0 Å². The Morgan fingerprint density at radius 1 is 1.27 bits per heavy atom. The van der Waals surface area contributed by atoms with Crippen LogP contribution in [0.15, 0.2) is 17.2 Å². The second-order valence-corrected chi connectivity index (χ2v) is 7.76. The molecular formula is C14H21N3O4S. The number of carbonyl (C=O) groups is 1. The molecule has 3 rings (SSSR count). The Labute approximate surface area is 130 Å². The molecule has 1 aromatic rings. The summed E-state index contributed by atoms with van der Waals surface area (Å²) in [7, 11) is -3.61. The lowest BCUT2D eigenvalue weighted by Crippen LogP contribution is -2.49. The molecule has 0 amide bonds. The van der Waals surface area contributed by atoms with E-state index < -0.39 is 16.0 Å². The van der Waals surface area contributed by atoms with Crippen LogP contribution in [-0.4, -0.2) is 65.5 Å². The van der Waals surface area contributed by atoms with Crippen LogP contribution in [0.4, 0.5) is 0 Å². The Balaban J connectivity index is 1.79. The number of aromatic nitrogens is 1. The van der Waals surface area contributed by atoms with Gasteiger partial charge in [0, 0.05) is 45.0 Å². The molecule has 1 aromatic heterocycles. The number of carboxylic acid groups (broad SMARTS) is 1. The number of rotatable bonds is 5. The summed E-state index contributed by atoms with van der Waals surface area (Å²) in [5.41, 5.74) is 0.0118. The highest BCUT2D eigenvalue weighted by molar-refractivity contribution is 7.89. The normalized spacial score (nSPS) is 21.1. The van der Waals surface area contributed by atoms with Crippen LogP contribution < -0.4 is 0 Å². The van der Waals surface area contributed by atoms with Gasteiger partial charge >= 0.3 is 5.97 Å². The van der Waals surface area contributed by atoms with Crippen LogP contribution >= 0.6 is 0 Å². The number of aryl methyl sites for hydroxylation is 1. The van der Waals surface area contributed by atoms with Gasteiger partial charge in [0.1, 0.15) is 10.6 Å². The summed E-state index contributed by atoms with van der Waals surface area (Å²) in [6.07, 6.45) is 3.86. The first kappa shape index (κ1) is 15.5. The van der Waals surface area contributed by atoms with Crippen LogP contribution in [0.2, 0.25) is 0 Å². The summed E-state index contributed by atoms with van der Waals surface area (Å²) in [6.45, 7) is 4.66. The fraction of sp³-hybridized carbons (Fsp3) is 0.643. The fourth-order valence-electron chi connectivity index (χ4n) is 2.96. The van der Waals surface area contributed by atoms with Gasteiger partial charge in [0.2, 0.25) is 10.0 Å². The molecule has 0 spiro atoms. The van der Waals surface area contributed by atoms with Gasteiger partial charge in [-0.05, 0) is 25.8 Å². The van der Waals surface area contributed by atoms with E-state index in [9.17, 15) is 13.2 Å². The minimum Gasteiger partial charge on any atom is -0.477 e. The summed E-state index contributed by atoms with van der Waals surface area (Å²) < 4.78 is 28.3. The summed E-state index contributed by atoms with van der Waals surface area (Å²) in [6, 6.07) is 1.90. The van der Waals surface area contributed by atoms with Crippen molar-refractivity contribution in [3.63, 3.8) is 0 Å². The molecule has 1 aliphatic carbocycles. The lowest BCUT2D eigenvalue weighted by Gasteiger charge is -2.33. The van der Waals surface area contributed by atoms with Crippen molar-refractivity contribution in [2.24, 2.45) is 0 Å². The summed E-state index contributed by atoms with van der Waals surface area (Å²) in [5, 5.41) is 9.15. The monoisotopic (exact) mass is 327 g/mol. The van der Waals surface area contributed by atoms with Crippen molar-refractivity contribution in [2.45, 2.75) is 37.2 Å². The molecule has 1 saturated carbocycles. The van der Waals surface area contributed by atoms with Gasteiger partial charge in [-0.1, -0.05) is 0 Å². The van der Waals surface area contributed by atoms with Gasteiger partial charge in [-0.2, -0.15) is 4.31 Å². The van der Waals surface area contributed by atoms with E-state index in [-0.39, 0.29) is 10.6 Å². The van der Waals surface area contributed by atoms with Crippen molar-refractivity contribution >= 4 is 16.0 Å². The smallest absolute Gasteiger partial charge is 0.352 e. The third kappa shape index (κ3) is 2.78. The first-order valence-corrected chi connectivity index (χ1v) is 9.05. The Hall–Kier alpha value is -1.38. The molecule has 0 bridgehead atoms. The van der Waals surface area contributed by atoms with Crippen LogP contribution in [0.5, 0.6) is 0 Å². The zero-order valence-electron chi connectivity index (χ0n) is 12.6. The van der Waals surface area contributed by atoms with Gasteiger partial charge in [0.25, 0.3) is 0 Å². The van der Waals surface area contributed by atoms with E-state index in [1.165, 1.54) is 34.0 Å². The topological polar surface area (TPSA) is 82.9 Å². The lowest BCUT2D eigenvalue weighted by molar-refractivity contribution is 0.0685. The van der Waals surface area contributed by atoms with E-state index in [0.29, 0.717) is 25.7 Å². The number of hydrogen-bond acceptors (Lipinski definition) is 4. The second kappa shape index (κ2) is 5.68. The first-order chi connectivity index (χ1) is 10.4. The van der Waals surface area contributed by atoms with Crippen molar-refractivity contribution in [1.82, 2.24) is 13.8 Å².